The Morgan fingerprint density at radius 3 is 2.74 bits per heavy atom. The van der Waals surface area contributed by atoms with E-state index in [1.165, 1.54) is 0 Å². The molecule has 0 unspecified atom stereocenters. The van der Waals surface area contributed by atoms with Crippen molar-refractivity contribution in [1.29, 1.82) is 0 Å². The van der Waals surface area contributed by atoms with Gasteiger partial charge in [0.25, 0.3) is 0 Å². The first-order valence-corrected chi connectivity index (χ1v) is 6.53. The molecule has 1 saturated carbocycles. The zero-order valence-electron chi connectivity index (χ0n) is 10.1. The van der Waals surface area contributed by atoms with Crippen LogP contribution in [0.25, 0.3) is 0 Å². The minimum Gasteiger partial charge on any atom is -0.481 e. The van der Waals surface area contributed by atoms with Crippen LogP contribution in [0, 0.1) is 5.92 Å². The lowest BCUT2D eigenvalue weighted by Gasteiger charge is -2.34. The lowest BCUT2D eigenvalue weighted by molar-refractivity contribution is -0.144. The number of halogens is 1. The van der Waals surface area contributed by atoms with Gasteiger partial charge in [-0.2, -0.15) is 0 Å². The second-order valence-corrected chi connectivity index (χ2v) is 5.41. The minimum atomic E-state index is -0.784. The van der Waals surface area contributed by atoms with E-state index in [4.69, 9.17) is 21.4 Å². The van der Waals surface area contributed by atoms with Gasteiger partial charge in [-0.25, -0.2) is 9.78 Å². The maximum absolute atomic E-state index is 11.8. The van der Waals surface area contributed by atoms with E-state index in [2.05, 4.69) is 4.98 Å². The van der Waals surface area contributed by atoms with Crippen LogP contribution in [0.15, 0.2) is 12.1 Å². The number of carboxylic acids is 1. The average molecular weight is 282 g/mol. The third kappa shape index (κ3) is 1.89. The number of carbonyl (C=O) groups is 2. The molecule has 19 heavy (non-hydrogen) atoms. The highest BCUT2D eigenvalue weighted by Crippen LogP contribution is 2.47. The average Bonchev–Trinajstić information content (AvgIpc) is 2.63. The summed E-state index contributed by atoms with van der Waals surface area (Å²) in [6.45, 7) is 0. The lowest BCUT2D eigenvalue weighted by Crippen LogP contribution is -2.34. The van der Waals surface area contributed by atoms with Crippen LogP contribution in [-0.4, -0.2) is 22.0 Å². The minimum absolute atomic E-state index is 0.256. The van der Waals surface area contributed by atoms with E-state index in [1.807, 2.05) is 0 Å². The van der Waals surface area contributed by atoms with Crippen LogP contribution in [0.3, 0.4) is 0 Å². The third-order valence-corrected chi connectivity index (χ3v) is 4.19. The molecule has 1 aromatic heterocycles. The number of hydrogen-bond donors (Lipinski definition) is 1. The van der Waals surface area contributed by atoms with E-state index in [9.17, 15) is 9.59 Å². The Balaban J connectivity index is 1.93. The number of fused-ring (bicyclic) bond motifs is 2. The number of nitrogens with zero attached hydrogens (tertiary/aromatic N) is 1. The van der Waals surface area contributed by atoms with Crippen LogP contribution in [0.5, 0.6) is 0 Å². The molecule has 0 saturated heterocycles. The molecule has 0 aromatic carbocycles. The molecule has 0 amide bonds. The van der Waals surface area contributed by atoms with Crippen molar-refractivity contribution in [2.24, 2.45) is 5.92 Å². The summed E-state index contributed by atoms with van der Waals surface area (Å²) in [4.78, 5) is 26.8. The van der Waals surface area contributed by atoms with Crippen LogP contribution >= 0.6 is 11.6 Å². The van der Waals surface area contributed by atoms with Crippen molar-refractivity contribution < 1.29 is 19.4 Å². The number of rotatable bonds is 1. The van der Waals surface area contributed by atoms with Gasteiger partial charge in [0, 0.05) is 5.56 Å². The van der Waals surface area contributed by atoms with Gasteiger partial charge in [0.05, 0.1) is 5.92 Å². The van der Waals surface area contributed by atoms with E-state index < -0.39 is 17.5 Å². The first-order valence-electron chi connectivity index (χ1n) is 6.15. The molecule has 5 nitrogen and oxygen atoms in total. The number of carbonyl (C=O) groups excluding carboxylic acids is 1. The second kappa shape index (κ2) is 4.20. The predicted octanol–water partition coefficient (Wildman–Crippen LogP) is 2.38. The maximum atomic E-state index is 11.8. The van der Waals surface area contributed by atoms with Crippen LogP contribution < -0.4 is 0 Å². The highest BCUT2D eigenvalue weighted by atomic mass is 35.5. The highest BCUT2D eigenvalue weighted by Gasteiger charge is 2.49. The largest absolute Gasteiger partial charge is 0.481 e. The van der Waals surface area contributed by atoms with Gasteiger partial charge >= 0.3 is 11.9 Å². The van der Waals surface area contributed by atoms with Crippen LogP contribution in [0.2, 0.25) is 5.15 Å². The quantitative estimate of drug-likeness (QED) is 0.632. The van der Waals surface area contributed by atoms with E-state index >= 15 is 0 Å². The molecule has 3 rings (SSSR count). The van der Waals surface area contributed by atoms with Gasteiger partial charge < -0.3 is 9.84 Å². The lowest BCUT2D eigenvalue weighted by atomic mass is 9.75. The van der Waals surface area contributed by atoms with Crippen molar-refractivity contribution in [3.05, 3.63) is 28.5 Å². The van der Waals surface area contributed by atoms with Crippen LogP contribution in [0.1, 0.15) is 41.7 Å². The Kier molecular flexibility index (Phi) is 2.74. The summed E-state index contributed by atoms with van der Waals surface area (Å²) in [6, 6.07) is 3.39. The Morgan fingerprint density at radius 2 is 2.11 bits per heavy atom. The molecule has 1 aliphatic carbocycles. The number of pyridine rings is 1. The van der Waals surface area contributed by atoms with Gasteiger partial charge in [-0.1, -0.05) is 11.6 Å². The molecule has 100 valence electrons. The van der Waals surface area contributed by atoms with Crippen LogP contribution in [-0.2, 0) is 15.1 Å². The number of ether oxygens (including phenoxy) is 1. The summed E-state index contributed by atoms with van der Waals surface area (Å²) in [7, 11) is 0. The molecule has 1 fully saturated rings. The molecule has 2 heterocycles. The number of aromatic nitrogens is 1. The van der Waals surface area contributed by atoms with Crippen molar-refractivity contribution in [2.45, 2.75) is 31.3 Å². The summed E-state index contributed by atoms with van der Waals surface area (Å²) in [5.41, 5.74) is 0.308. The van der Waals surface area contributed by atoms with Gasteiger partial charge in [-0.3, -0.25) is 4.79 Å². The summed E-state index contributed by atoms with van der Waals surface area (Å²) in [5, 5.41) is 9.27. The van der Waals surface area contributed by atoms with Crippen molar-refractivity contribution in [2.75, 3.05) is 0 Å². The number of aliphatic carboxylic acids is 1. The number of hydrogen-bond acceptors (Lipinski definition) is 4. The number of esters is 1. The molecule has 0 atom stereocenters. The molecule has 2 aliphatic rings. The zero-order valence-corrected chi connectivity index (χ0v) is 10.8. The molecular weight excluding hydrogens is 270 g/mol. The van der Waals surface area contributed by atoms with Crippen LogP contribution in [0.4, 0.5) is 0 Å². The number of carboxylic acid groups (broad SMARTS) is 1. The zero-order chi connectivity index (χ0) is 13.6. The molecule has 1 aromatic rings. The smallest absolute Gasteiger partial charge is 0.358 e. The summed E-state index contributed by atoms with van der Waals surface area (Å²) in [5.74, 6) is -1.60. The Labute approximate surface area is 114 Å². The fraction of sp³-hybridized carbons (Fsp3) is 0.462. The van der Waals surface area contributed by atoms with Gasteiger partial charge in [0.15, 0.2) is 5.69 Å². The molecule has 0 radical (unpaired) electrons. The Morgan fingerprint density at radius 1 is 1.42 bits per heavy atom. The Hall–Kier alpha value is -1.62. The van der Waals surface area contributed by atoms with Gasteiger partial charge in [0.1, 0.15) is 10.8 Å². The monoisotopic (exact) mass is 281 g/mol. The van der Waals surface area contributed by atoms with Crippen molar-refractivity contribution in [3.8, 4) is 0 Å². The van der Waals surface area contributed by atoms with Crippen molar-refractivity contribution in [1.82, 2.24) is 4.98 Å². The maximum Gasteiger partial charge on any atom is 0.358 e. The molecule has 1 aliphatic heterocycles. The second-order valence-electron chi connectivity index (χ2n) is 5.03. The predicted molar refractivity (Wildman–Crippen MR) is 65.9 cm³/mol. The molecule has 0 bridgehead atoms. The first-order chi connectivity index (χ1) is 9.02. The van der Waals surface area contributed by atoms with Crippen molar-refractivity contribution in [3.63, 3.8) is 0 Å². The molecule has 1 N–H and O–H groups in total. The van der Waals surface area contributed by atoms with Crippen molar-refractivity contribution >= 4 is 23.5 Å². The normalized spacial score (nSPS) is 29.1. The van der Waals surface area contributed by atoms with Gasteiger partial charge in [-0.15, -0.1) is 0 Å². The van der Waals surface area contributed by atoms with Gasteiger partial charge in [0.2, 0.25) is 0 Å². The fourth-order valence-electron chi connectivity index (χ4n) is 2.94. The Bertz CT molecular complexity index is 564. The van der Waals surface area contributed by atoms with E-state index in [0.717, 1.165) is 5.56 Å². The molecule has 1 spiro atoms. The van der Waals surface area contributed by atoms with E-state index in [-0.39, 0.29) is 16.8 Å². The summed E-state index contributed by atoms with van der Waals surface area (Å²) >= 11 is 5.78. The van der Waals surface area contributed by atoms with E-state index in [0.29, 0.717) is 25.7 Å². The highest BCUT2D eigenvalue weighted by molar-refractivity contribution is 6.29. The summed E-state index contributed by atoms with van der Waals surface area (Å²) in [6.07, 6.45) is 2.05. The van der Waals surface area contributed by atoms with Gasteiger partial charge in [-0.05, 0) is 37.8 Å². The summed E-state index contributed by atoms with van der Waals surface area (Å²) < 4.78 is 5.49. The SMILES string of the molecule is O=C1O[C@]2(CC[C@H](C(=O)O)CC2)c2ccc(Cl)nc21. The van der Waals surface area contributed by atoms with E-state index in [1.54, 1.807) is 12.1 Å². The standard InChI is InChI=1S/C13H12ClNO4/c14-9-2-1-8-10(15-9)12(18)19-13(8)5-3-7(4-6-13)11(16)17/h1-2,7H,3-6H2,(H,16,17)/t7-,13-. The molecule has 6 heteroatoms. The fourth-order valence-corrected chi connectivity index (χ4v) is 3.09. The molecular formula is C13H12ClNO4. The first kappa shape index (κ1) is 12.4. The topological polar surface area (TPSA) is 76.5 Å². The third-order valence-electron chi connectivity index (χ3n) is 3.98.